The van der Waals surface area contributed by atoms with Gasteiger partial charge in [-0.3, -0.25) is 14.5 Å². The van der Waals surface area contributed by atoms with Gasteiger partial charge in [0, 0.05) is 12.0 Å². The Labute approximate surface area is 252 Å². The summed E-state index contributed by atoms with van der Waals surface area (Å²) in [7, 11) is 0. The van der Waals surface area contributed by atoms with E-state index in [1.165, 1.54) is 4.90 Å². The lowest BCUT2D eigenvalue weighted by molar-refractivity contribution is -0.132. The number of amides is 1. The van der Waals surface area contributed by atoms with Crippen LogP contribution in [0.3, 0.4) is 0 Å². The molecule has 2 atom stereocenters. The molecule has 1 amide bonds. The fourth-order valence-electron chi connectivity index (χ4n) is 5.31. The molecule has 9 nitrogen and oxygen atoms in total. The number of benzene rings is 3. The summed E-state index contributed by atoms with van der Waals surface area (Å²) in [6.45, 7) is 5.47. The number of aromatic nitrogens is 1. The topological polar surface area (TPSA) is 115 Å². The number of carbonyl (C=O) groups excluding carboxylic acids is 3. The summed E-state index contributed by atoms with van der Waals surface area (Å²) in [5.41, 5.74) is 2.07. The van der Waals surface area contributed by atoms with E-state index in [1.807, 2.05) is 37.3 Å². The number of aliphatic hydroxyl groups is 1. The van der Waals surface area contributed by atoms with Gasteiger partial charge in [-0.1, -0.05) is 41.7 Å². The van der Waals surface area contributed by atoms with Crippen molar-refractivity contribution in [3.8, 4) is 17.2 Å². The summed E-state index contributed by atoms with van der Waals surface area (Å²) < 4.78 is 17.0. The molecule has 218 valence electrons. The molecule has 1 aromatic heterocycles. The first-order valence-corrected chi connectivity index (χ1v) is 14.6. The monoisotopic (exact) mass is 596 g/mol. The van der Waals surface area contributed by atoms with Crippen molar-refractivity contribution in [1.82, 2.24) is 4.98 Å². The molecule has 3 heterocycles. The van der Waals surface area contributed by atoms with Gasteiger partial charge in [0.25, 0.3) is 5.78 Å². The highest BCUT2D eigenvalue weighted by Crippen LogP contribution is 2.45. The van der Waals surface area contributed by atoms with E-state index >= 15 is 0 Å². The van der Waals surface area contributed by atoms with E-state index in [0.29, 0.717) is 34.7 Å². The fraction of sp³-hybridized carbons (Fsp3) is 0.212. The minimum Gasteiger partial charge on any atom is -0.507 e. The Morgan fingerprint density at radius 1 is 1.07 bits per heavy atom. The van der Waals surface area contributed by atoms with E-state index in [0.717, 1.165) is 22.6 Å². The van der Waals surface area contributed by atoms with Crippen molar-refractivity contribution in [2.45, 2.75) is 39.3 Å². The predicted octanol–water partition coefficient (Wildman–Crippen LogP) is 6.37. The second-order valence-electron chi connectivity index (χ2n) is 10.2. The van der Waals surface area contributed by atoms with Gasteiger partial charge in [0.1, 0.15) is 34.0 Å². The molecular weight excluding hydrogens is 568 g/mol. The molecule has 1 N–H and O–H groups in total. The summed E-state index contributed by atoms with van der Waals surface area (Å²) in [5, 5.41) is 11.8. The van der Waals surface area contributed by atoms with Gasteiger partial charge in [-0.2, -0.15) is 0 Å². The molecule has 0 bridgehead atoms. The van der Waals surface area contributed by atoms with Gasteiger partial charge < -0.3 is 19.3 Å². The second-order valence-corrected chi connectivity index (χ2v) is 11.2. The standard InChI is InChI=1S/C33H28N2O7S/c1-4-40-32(39)30-19(3)34-33(43-30)35-27(20-9-8-12-24(17-20)42-23-10-6-5-7-11-23)26(29(37)31(35)38)28(36)21-13-14-25-22(16-21)15-18(2)41-25/h5-14,16-18,27,36H,4,15H2,1-3H3. The van der Waals surface area contributed by atoms with Gasteiger partial charge in [0.15, 0.2) is 5.13 Å². The van der Waals surface area contributed by atoms with Crippen LogP contribution in [0.5, 0.6) is 17.2 Å². The second kappa shape index (κ2) is 11.4. The molecule has 0 saturated carbocycles. The maximum Gasteiger partial charge on any atom is 0.350 e. The lowest BCUT2D eigenvalue weighted by Gasteiger charge is -2.23. The molecule has 2 aliphatic rings. The van der Waals surface area contributed by atoms with Crippen molar-refractivity contribution >= 4 is 39.9 Å². The van der Waals surface area contributed by atoms with Crippen molar-refractivity contribution < 1.29 is 33.7 Å². The summed E-state index contributed by atoms with van der Waals surface area (Å²) in [6, 6.07) is 20.3. The number of hydrogen-bond acceptors (Lipinski definition) is 9. The zero-order valence-electron chi connectivity index (χ0n) is 23.7. The number of ether oxygens (including phenoxy) is 3. The fourth-order valence-corrected chi connectivity index (χ4v) is 6.30. The van der Waals surface area contributed by atoms with Crippen LogP contribution in [-0.4, -0.2) is 40.5 Å². The number of fused-ring (bicyclic) bond motifs is 1. The first kappa shape index (κ1) is 28.2. The van der Waals surface area contributed by atoms with Crippen LogP contribution in [0.15, 0.2) is 78.4 Å². The van der Waals surface area contributed by atoms with E-state index < -0.39 is 23.7 Å². The summed E-state index contributed by atoms with van der Waals surface area (Å²) in [5.74, 6) is -0.822. The third-order valence-electron chi connectivity index (χ3n) is 7.22. The van der Waals surface area contributed by atoms with Crippen LogP contribution in [0.4, 0.5) is 5.13 Å². The molecule has 3 aromatic carbocycles. The molecule has 2 unspecified atom stereocenters. The predicted molar refractivity (Wildman–Crippen MR) is 161 cm³/mol. The molecular formula is C33H28N2O7S. The van der Waals surface area contributed by atoms with E-state index in [1.54, 1.807) is 56.3 Å². The van der Waals surface area contributed by atoms with E-state index in [-0.39, 0.29) is 34.1 Å². The summed E-state index contributed by atoms with van der Waals surface area (Å²) >= 11 is 0.957. The lowest BCUT2D eigenvalue weighted by Crippen LogP contribution is -2.29. The van der Waals surface area contributed by atoms with E-state index in [4.69, 9.17) is 14.2 Å². The van der Waals surface area contributed by atoms with Gasteiger partial charge in [-0.15, -0.1) is 0 Å². The number of anilines is 1. The van der Waals surface area contributed by atoms with Crippen LogP contribution in [-0.2, 0) is 20.7 Å². The normalized spacial score (nSPS) is 18.8. The largest absolute Gasteiger partial charge is 0.507 e. The van der Waals surface area contributed by atoms with Crippen molar-refractivity contribution in [3.63, 3.8) is 0 Å². The summed E-state index contributed by atoms with van der Waals surface area (Å²) in [4.78, 5) is 45.9. The average Bonchev–Trinajstić information content (AvgIpc) is 3.65. The zero-order chi connectivity index (χ0) is 30.2. The number of thiazole rings is 1. The highest BCUT2D eigenvalue weighted by atomic mass is 32.1. The van der Waals surface area contributed by atoms with Crippen LogP contribution in [0.2, 0.25) is 0 Å². The maximum atomic E-state index is 13.7. The molecule has 10 heteroatoms. The number of rotatable bonds is 7. The third kappa shape index (κ3) is 5.25. The third-order valence-corrected chi connectivity index (χ3v) is 8.36. The van der Waals surface area contributed by atoms with E-state index in [9.17, 15) is 19.5 Å². The number of esters is 1. The van der Waals surface area contributed by atoms with Gasteiger partial charge in [-0.05, 0) is 74.4 Å². The van der Waals surface area contributed by atoms with Gasteiger partial charge in [-0.25, -0.2) is 9.78 Å². The quantitative estimate of drug-likeness (QED) is 0.113. The van der Waals surface area contributed by atoms with Crippen LogP contribution in [0, 0.1) is 6.92 Å². The molecule has 1 fully saturated rings. The van der Waals surface area contributed by atoms with Crippen molar-refractivity contribution in [3.05, 3.63) is 106 Å². The Hall–Kier alpha value is -4.96. The first-order valence-electron chi connectivity index (χ1n) is 13.8. The Morgan fingerprint density at radius 3 is 2.60 bits per heavy atom. The minimum atomic E-state index is -1.05. The number of nitrogens with zero attached hydrogens (tertiary/aromatic N) is 2. The smallest absolute Gasteiger partial charge is 0.350 e. The van der Waals surface area contributed by atoms with Crippen LogP contribution in [0.1, 0.15) is 51.9 Å². The molecule has 0 spiro atoms. The zero-order valence-corrected chi connectivity index (χ0v) is 24.5. The number of carbonyl (C=O) groups is 3. The van der Waals surface area contributed by atoms with Crippen LogP contribution < -0.4 is 14.4 Å². The Morgan fingerprint density at radius 2 is 1.84 bits per heavy atom. The average molecular weight is 597 g/mol. The highest BCUT2D eigenvalue weighted by Gasteiger charge is 2.48. The van der Waals surface area contributed by atoms with Crippen LogP contribution >= 0.6 is 11.3 Å². The molecule has 0 aliphatic carbocycles. The summed E-state index contributed by atoms with van der Waals surface area (Å²) in [6.07, 6.45) is 0.648. The molecule has 4 aromatic rings. The Kier molecular flexibility index (Phi) is 7.45. The Balaban J connectivity index is 1.49. The van der Waals surface area contributed by atoms with Gasteiger partial charge in [0.2, 0.25) is 0 Å². The number of Topliss-reactive ketones (excluding diaryl/α,β-unsaturated/α-hetero) is 1. The first-order chi connectivity index (χ1) is 20.7. The molecule has 0 radical (unpaired) electrons. The highest BCUT2D eigenvalue weighted by molar-refractivity contribution is 7.17. The lowest BCUT2D eigenvalue weighted by atomic mass is 9.94. The molecule has 6 rings (SSSR count). The van der Waals surface area contributed by atoms with Crippen molar-refractivity contribution in [1.29, 1.82) is 0 Å². The van der Waals surface area contributed by atoms with Crippen LogP contribution in [0.25, 0.3) is 5.76 Å². The molecule has 2 aliphatic heterocycles. The molecule has 1 saturated heterocycles. The number of aliphatic hydroxyl groups excluding tert-OH is 1. The van der Waals surface area contributed by atoms with Crippen molar-refractivity contribution in [2.24, 2.45) is 0 Å². The molecule has 43 heavy (non-hydrogen) atoms. The number of ketones is 1. The van der Waals surface area contributed by atoms with Gasteiger partial charge >= 0.3 is 11.9 Å². The van der Waals surface area contributed by atoms with E-state index in [2.05, 4.69) is 4.98 Å². The number of para-hydroxylation sites is 1. The van der Waals surface area contributed by atoms with Crippen molar-refractivity contribution in [2.75, 3.05) is 11.5 Å². The minimum absolute atomic E-state index is 0.00735. The number of hydrogen-bond donors (Lipinski definition) is 1. The van der Waals surface area contributed by atoms with Gasteiger partial charge in [0.05, 0.1) is 23.9 Å². The Bertz CT molecular complexity index is 1780. The SMILES string of the molecule is CCOC(=O)c1sc(N2C(=O)C(=O)C(=C(O)c3ccc4c(c3)CC(C)O4)C2c2cccc(Oc3ccccc3)c2)nc1C. The number of aryl methyl sites for hydroxylation is 1. The maximum absolute atomic E-state index is 13.7.